The van der Waals surface area contributed by atoms with Crippen LogP contribution in [0.25, 0.3) is 0 Å². The molecular formula is C37H52O13. The van der Waals surface area contributed by atoms with E-state index < -0.39 is 79.3 Å². The van der Waals surface area contributed by atoms with Crippen LogP contribution in [0, 0.1) is 6.92 Å². The van der Waals surface area contributed by atoms with Gasteiger partial charge in [0.1, 0.15) is 18.3 Å². The normalized spacial score (nSPS) is 30.9. The van der Waals surface area contributed by atoms with Crippen LogP contribution in [0.4, 0.5) is 0 Å². The van der Waals surface area contributed by atoms with E-state index in [0.717, 1.165) is 0 Å². The highest BCUT2D eigenvalue weighted by Crippen LogP contribution is 2.41. The van der Waals surface area contributed by atoms with Crippen LogP contribution in [-0.4, -0.2) is 94.6 Å². The molecule has 0 spiro atoms. The molecule has 3 rings (SSSR count). The number of allylic oxidation sites excluding steroid dienone is 3. The predicted molar refractivity (Wildman–Crippen MR) is 181 cm³/mol. The number of hydrogen-bond acceptors (Lipinski definition) is 13. The van der Waals surface area contributed by atoms with Gasteiger partial charge in [-0.25, -0.2) is 14.4 Å². The number of aliphatic hydroxyl groups excluding tert-OH is 2. The van der Waals surface area contributed by atoms with Crippen molar-refractivity contribution in [2.24, 2.45) is 0 Å². The third kappa shape index (κ3) is 9.12. The lowest BCUT2D eigenvalue weighted by atomic mass is 9.96. The number of benzene rings is 1. The average molecular weight is 705 g/mol. The zero-order valence-electron chi connectivity index (χ0n) is 30.7. The Balaban J connectivity index is 2.17. The lowest BCUT2D eigenvalue weighted by Gasteiger charge is -2.47. The largest absolute Gasteiger partial charge is 0.504 e. The first-order valence-corrected chi connectivity index (χ1v) is 16.8. The van der Waals surface area contributed by atoms with Gasteiger partial charge >= 0.3 is 17.9 Å². The number of aryl methyl sites for hydroxylation is 1. The number of aromatic hydroxyl groups is 1. The minimum atomic E-state index is -1.75. The minimum absolute atomic E-state index is 0.0944. The van der Waals surface area contributed by atoms with Crippen LogP contribution < -0.4 is 4.74 Å². The molecule has 10 atom stereocenters. The van der Waals surface area contributed by atoms with Crippen molar-refractivity contribution in [1.82, 2.24) is 0 Å². The Labute approximate surface area is 293 Å². The van der Waals surface area contributed by atoms with Crippen molar-refractivity contribution in [3.05, 3.63) is 58.2 Å². The third-order valence-corrected chi connectivity index (χ3v) is 9.01. The SMILES string of the molecule is C/C=C(/C)C(=O)O[C@H]1[C@@H](O)[C@@H](C)O[C@@H](O[C@H]2[C@@H](OC(=O)/C(C)=C\C)[C@@H](C)O[C@@H](Oc3c(C(C)C)ccc(C)c3O)[C@@H]2OC(=O)/C(C)=C\C)[C@@H]1O. The molecule has 0 aromatic heterocycles. The van der Waals surface area contributed by atoms with Crippen LogP contribution >= 0.6 is 0 Å². The molecule has 50 heavy (non-hydrogen) atoms. The number of aliphatic hydroxyl groups is 2. The first kappa shape index (κ1) is 40.7. The van der Waals surface area contributed by atoms with E-state index in [1.807, 2.05) is 13.8 Å². The number of phenolic OH excluding ortho intramolecular Hbond substituents is 1. The van der Waals surface area contributed by atoms with E-state index in [4.69, 9.17) is 33.2 Å². The number of esters is 3. The van der Waals surface area contributed by atoms with E-state index in [2.05, 4.69) is 0 Å². The van der Waals surface area contributed by atoms with Crippen LogP contribution in [0.1, 0.15) is 86.3 Å². The van der Waals surface area contributed by atoms with Crippen LogP contribution in [-0.2, 0) is 42.8 Å². The number of phenols is 1. The molecule has 0 aliphatic carbocycles. The fourth-order valence-electron chi connectivity index (χ4n) is 5.30. The summed E-state index contributed by atoms with van der Waals surface area (Å²) in [5, 5.41) is 33.4. The zero-order chi connectivity index (χ0) is 37.6. The van der Waals surface area contributed by atoms with Crippen molar-refractivity contribution in [3.63, 3.8) is 0 Å². The molecule has 2 aliphatic rings. The smallest absolute Gasteiger partial charge is 0.333 e. The number of ether oxygens (including phenoxy) is 7. The van der Waals surface area contributed by atoms with Crippen LogP contribution in [0.15, 0.2) is 47.1 Å². The molecule has 2 heterocycles. The second-order valence-corrected chi connectivity index (χ2v) is 12.9. The number of rotatable bonds is 11. The summed E-state index contributed by atoms with van der Waals surface area (Å²) in [6, 6.07) is 3.55. The highest BCUT2D eigenvalue weighted by molar-refractivity contribution is 5.88. The first-order chi connectivity index (χ1) is 23.5. The highest BCUT2D eigenvalue weighted by atomic mass is 16.8. The minimum Gasteiger partial charge on any atom is -0.504 e. The Kier molecular flexibility index (Phi) is 14.2. The fraction of sp³-hybridized carbons (Fsp3) is 0.595. The summed E-state index contributed by atoms with van der Waals surface area (Å²) < 4.78 is 42.2. The van der Waals surface area contributed by atoms with Crippen molar-refractivity contribution in [2.75, 3.05) is 0 Å². The number of carbonyl (C=O) groups excluding carboxylic acids is 3. The molecule has 0 unspecified atom stereocenters. The Hall–Kier alpha value is -3.75. The third-order valence-electron chi connectivity index (χ3n) is 9.01. The lowest BCUT2D eigenvalue weighted by molar-refractivity contribution is -0.348. The molecule has 2 fully saturated rings. The van der Waals surface area contributed by atoms with E-state index in [0.29, 0.717) is 11.1 Å². The van der Waals surface area contributed by atoms with Gasteiger partial charge in [0.2, 0.25) is 6.29 Å². The average Bonchev–Trinajstić information content (AvgIpc) is 3.08. The van der Waals surface area contributed by atoms with Crippen molar-refractivity contribution >= 4 is 17.9 Å². The molecule has 2 aliphatic heterocycles. The van der Waals surface area contributed by atoms with Gasteiger partial charge in [0, 0.05) is 22.3 Å². The maximum Gasteiger partial charge on any atom is 0.333 e. The van der Waals surface area contributed by atoms with E-state index >= 15 is 0 Å². The van der Waals surface area contributed by atoms with Crippen LogP contribution in [0.2, 0.25) is 0 Å². The molecule has 3 N–H and O–H groups in total. The molecule has 13 heteroatoms. The first-order valence-electron chi connectivity index (χ1n) is 16.8. The topological polar surface area (TPSA) is 177 Å². The van der Waals surface area contributed by atoms with Crippen LogP contribution in [0.5, 0.6) is 11.5 Å². The Morgan fingerprint density at radius 1 is 0.720 bits per heavy atom. The maximum atomic E-state index is 13.4. The maximum absolute atomic E-state index is 13.4. The van der Waals surface area contributed by atoms with Gasteiger partial charge in [0.05, 0.1) is 12.2 Å². The second kappa shape index (κ2) is 17.5. The van der Waals surface area contributed by atoms with E-state index in [1.54, 1.807) is 72.8 Å². The summed E-state index contributed by atoms with van der Waals surface area (Å²) in [6.45, 7) is 18.2. The van der Waals surface area contributed by atoms with Gasteiger partial charge < -0.3 is 48.5 Å². The van der Waals surface area contributed by atoms with Crippen molar-refractivity contribution in [3.8, 4) is 11.5 Å². The van der Waals surface area contributed by atoms with Gasteiger partial charge in [-0.2, -0.15) is 0 Å². The van der Waals surface area contributed by atoms with Crippen molar-refractivity contribution < 1.29 is 62.9 Å². The molecular weight excluding hydrogens is 652 g/mol. The molecule has 2 saturated heterocycles. The summed E-state index contributed by atoms with van der Waals surface area (Å²) in [5.74, 6) is -2.40. The van der Waals surface area contributed by atoms with Gasteiger partial charge in [-0.15, -0.1) is 0 Å². The van der Waals surface area contributed by atoms with Gasteiger partial charge in [-0.1, -0.05) is 44.2 Å². The molecule has 278 valence electrons. The summed E-state index contributed by atoms with van der Waals surface area (Å²) in [4.78, 5) is 39.2. The van der Waals surface area contributed by atoms with E-state index in [9.17, 15) is 29.7 Å². The van der Waals surface area contributed by atoms with E-state index in [1.165, 1.54) is 19.9 Å². The molecule has 1 aromatic carbocycles. The molecule has 13 nitrogen and oxygen atoms in total. The van der Waals surface area contributed by atoms with Crippen LogP contribution in [0.3, 0.4) is 0 Å². The summed E-state index contributed by atoms with van der Waals surface area (Å²) >= 11 is 0. The number of carbonyl (C=O) groups is 3. The van der Waals surface area contributed by atoms with Gasteiger partial charge in [-0.3, -0.25) is 0 Å². The quantitative estimate of drug-likeness (QED) is 0.168. The van der Waals surface area contributed by atoms with Gasteiger partial charge in [0.15, 0.2) is 36.1 Å². The second-order valence-electron chi connectivity index (χ2n) is 12.9. The zero-order valence-corrected chi connectivity index (χ0v) is 30.7. The monoisotopic (exact) mass is 704 g/mol. The standard InChI is InChI=1S/C37H52O13/c1-12-18(6)33(41)46-28-23(11)45-37(49-29-24(17(4)5)16-15-21(9)25(29)38)32(48-35(43)20(8)14-3)31(28)50-36-27(40)30(26(39)22(10)44-36)47-34(42)19(7)13-2/h12-17,22-23,26-28,30-32,36-40H,1-11H3/b18-12-,19-13-,20-14-/t22-,23-,26+,27-,28+,30+,31+,32-,36+,37+/m1/s1. The molecule has 1 aromatic rings. The molecule has 0 saturated carbocycles. The predicted octanol–water partition coefficient (Wildman–Crippen LogP) is 4.43. The summed E-state index contributed by atoms with van der Waals surface area (Å²) in [6.07, 6.45) is -9.27. The van der Waals surface area contributed by atoms with Gasteiger partial charge in [-0.05, 0) is 73.8 Å². The Bertz CT molecular complexity index is 1480. The lowest BCUT2D eigenvalue weighted by Crippen LogP contribution is -2.65. The fourth-order valence-corrected chi connectivity index (χ4v) is 5.30. The summed E-state index contributed by atoms with van der Waals surface area (Å²) in [5.41, 5.74) is 1.92. The molecule has 0 bridgehead atoms. The highest BCUT2D eigenvalue weighted by Gasteiger charge is 2.55. The van der Waals surface area contributed by atoms with E-state index in [-0.39, 0.29) is 34.1 Å². The molecule has 0 radical (unpaired) electrons. The Morgan fingerprint density at radius 3 is 1.70 bits per heavy atom. The summed E-state index contributed by atoms with van der Waals surface area (Å²) in [7, 11) is 0. The van der Waals surface area contributed by atoms with Crippen molar-refractivity contribution in [1.29, 1.82) is 0 Å². The molecule has 0 amide bonds. The van der Waals surface area contributed by atoms with Gasteiger partial charge in [0.25, 0.3) is 0 Å². The van der Waals surface area contributed by atoms with Crippen molar-refractivity contribution in [2.45, 2.75) is 143 Å². The Morgan fingerprint density at radius 2 is 1.20 bits per heavy atom. The number of hydrogen-bond donors (Lipinski definition) is 3.